The summed E-state index contributed by atoms with van der Waals surface area (Å²) in [6, 6.07) is 12.6. The number of carbonyl (C=O) groups excluding carboxylic acids is 2. The predicted molar refractivity (Wildman–Crippen MR) is 130 cm³/mol. The van der Waals surface area contributed by atoms with Crippen molar-refractivity contribution in [3.05, 3.63) is 55.1 Å². The number of aliphatic hydroxyl groups excluding tert-OH is 1. The number of nitrogens with zero attached hydrogens (tertiary/aromatic N) is 2. The average molecular weight is 479 g/mol. The highest BCUT2D eigenvalue weighted by atomic mass is 16.5. The zero-order chi connectivity index (χ0) is 25.0. The van der Waals surface area contributed by atoms with Crippen LogP contribution in [0.25, 0.3) is 10.8 Å². The van der Waals surface area contributed by atoms with E-state index in [0.717, 1.165) is 10.8 Å². The number of carboxylic acid groups (broad SMARTS) is 1. The van der Waals surface area contributed by atoms with Crippen molar-refractivity contribution in [3.63, 3.8) is 0 Å². The van der Waals surface area contributed by atoms with Gasteiger partial charge in [0.15, 0.2) is 0 Å². The molecule has 2 unspecified atom stereocenters. The van der Waals surface area contributed by atoms with Gasteiger partial charge in [-0.2, -0.15) is 0 Å². The van der Waals surface area contributed by atoms with Crippen LogP contribution < -0.4 is 4.90 Å². The highest BCUT2D eigenvalue weighted by molar-refractivity contribution is 6.05. The number of hydrogen-bond acceptors (Lipinski definition) is 5. The first kappa shape index (κ1) is 23.5. The maximum Gasteiger partial charge on any atom is 0.310 e. The second-order valence-corrected chi connectivity index (χ2v) is 9.94. The molecule has 8 nitrogen and oxygen atoms in total. The standard InChI is InChI=1S/C27H30N2O6/c1-3-13-28(19-10-9-17-7-4-5-8-18(17)16-19)24(32)22-27-12-11-26(2,35-27)21(25(33)34)20(27)23(31)29(22)14-6-15-30/h3-5,7-10,16,20-22,30H,1,6,11-15H2,2H3,(H,33,34)/t20-,21+,22?,26-,27?/m0/s1. The third-order valence-electron chi connectivity index (χ3n) is 7.96. The second kappa shape index (κ2) is 8.46. The minimum absolute atomic E-state index is 0.148. The van der Waals surface area contributed by atoms with Gasteiger partial charge in [-0.25, -0.2) is 0 Å². The topological polar surface area (TPSA) is 107 Å². The van der Waals surface area contributed by atoms with Crippen molar-refractivity contribution in [1.29, 1.82) is 0 Å². The number of likely N-dealkylation sites (tertiary alicyclic amines) is 1. The summed E-state index contributed by atoms with van der Waals surface area (Å²) >= 11 is 0. The van der Waals surface area contributed by atoms with Gasteiger partial charge in [-0.3, -0.25) is 14.4 Å². The van der Waals surface area contributed by atoms with E-state index in [1.807, 2.05) is 42.5 Å². The van der Waals surface area contributed by atoms with Crippen LogP contribution in [0.3, 0.4) is 0 Å². The van der Waals surface area contributed by atoms with Gasteiger partial charge in [0.2, 0.25) is 5.91 Å². The van der Waals surface area contributed by atoms with E-state index in [9.17, 15) is 24.6 Å². The van der Waals surface area contributed by atoms with E-state index in [2.05, 4.69) is 6.58 Å². The molecule has 0 radical (unpaired) electrons. The number of anilines is 1. The van der Waals surface area contributed by atoms with Crippen LogP contribution in [-0.2, 0) is 19.1 Å². The monoisotopic (exact) mass is 478 g/mol. The molecule has 5 rings (SSSR count). The summed E-state index contributed by atoms with van der Waals surface area (Å²) in [5, 5.41) is 21.5. The second-order valence-electron chi connectivity index (χ2n) is 9.94. The van der Waals surface area contributed by atoms with Gasteiger partial charge in [0.1, 0.15) is 11.6 Å². The fourth-order valence-electron chi connectivity index (χ4n) is 6.51. The third kappa shape index (κ3) is 3.38. The van der Waals surface area contributed by atoms with E-state index in [4.69, 9.17) is 4.74 Å². The first-order valence-corrected chi connectivity index (χ1v) is 12.0. The van der Waals surface area contributed by atoms with E-state index >= 15 is 0 Å². The fourth-order valence-corrected chi connectivity index (χ4v) is 6.51. The Morgan fingerprint density at radius 1 is 1.23 bits per heavy atom. The molecule has 5 atom stereocenters. The van der Waals surface area contributed by atoms with Gasteiger partial charge in [-0.15, -0.1) is 6.58 Å². The third-order valence-corrected chi connectivity index (χ3v) is 7.96. The van der Waals surface area contributed by atoms with Crippen LogP contribution in [-0.4, -0.2) is 69.8 Å². The lowest BCUT2D eigenvalue weighted by Gasteiger charge is -2.36. The van der Waals surface area contributed by atoms with Crippen LogP contribution in [0.1, 0.15) is 26.2 Å². The van der Waals surface area contributed by atoms with Crippen molar-refractivity contribution in [2.75, 3.05) is 24.6 Å². The minimum atomic E-state index is -1.21. The lowest BCUT2D eigenvalue weighted by Crippen LogP contribution is -2.56. The molecule has 0 aliphatic carbocycles. The Morgan fingerprint density at radius 2 is 1.97 bits per heavy atom. The van der Waals surface area contributed by atoms with Gasteiger partial charge in [-0.05, 0) is 49.1 Å². The maximum atomic E-state index is 14.3. The molecule has 2 aromatic rings. The van der Waals surface area contributed by atoms with Crippen LogP contribution in [0, 0.1) is 11.8 Å². The van der Waals surface area contributed by atoms with E-state index in [1.54, 1.807) is 17.9 Å². The van der Waals surface area contributed by atoms with Gasteiger partial charge >= 0.3 is 5.97 Å². The average Bonchev–Trinajstić information content (AvgIpc) is 3.41. The molecular formula is C27H30N2O6. The molecule has 8 heteroatoms. The predicted octanol–water partition coefficient (Wildman–Crippen LogP) is 2.59. The van der Waals surface area contributed by atoms with Crippen molar-refractivity contribution in [1.82, 2.24) is 4.90 Å². The Morgan fingerprint density at radius 3 is 2.66 bits per heavy atom. The molecule has 1 spiro atoms. The molecule has 35 heavy (non-hydrogen) atoms. The summed E-state index contributed by atoms with van der Waals surface area (Å²) < 4.78 is 6.41. The molecule has 184 valence electrons. The van der Waals surface area contributed by atoms with Gasteiger partial charge < -0.3 is 24.7 Å². The number of hydrogen-bond donors (Lipinski definition) is 2. The summed E-state index contributed by atoms with van der Waals surface area (Å²) in [6.07, 6.45) is 2.80. The van der Waals surface area contributed by atoms with Crippen LogP contribution in [0.5, 0.6) is 0 Å². The number of rotatable bonds is 8. The number of carboxylic acids is 1. The largest absolute Gasteiger partial charge is 0.481 e. The molecule has 3 fully saturated rings. The minimum Gasteiger partial charge on any atom is -0.481 e. The number of carbonyl (C=O) groups is 3. The van der Waals surface area contributed by atoms with E-state index in [-0.39, 0.29) is 37.9 Å². The molecule has 3 aliphatic rings. The van der Waals surface area contributed by atoms with Crippen molar-refractivity contribution in [3.8, 4) is 0 Å². The number of ether oxygens (including phenoxy) is 1. The normalized spacial score (nSPS) is 31.1. The number of fused-ring (bicyclic) bond motifs is 2. The van der Waals surface area contributed by atoms with Crippen molar-refractivity contribution in [2.45, 2.75) is 43.4 Å². The molecule has 2 aromatic carbocycles. The molecule has 3 aliphatic heterocycles. The molecule has 2 N–H and O–H groups in total. The molecule has 2 bridgehead atoms. The summed E-state index contributed by atoms with van der Waals surface area (Å²) in [7, 11) is 0. The van der Waals surface area contributed by atoms with Gasteiger partial charge in [-0.1, -0.05) is 36.4 Å². The number of aliphatic hydroxyl groups is 1. The Kier molecular flexibility index (Phi) is 5.68. The van der Waals surface area contributed by atoms with Gasteiger partial charge in [0.25, 0.3) is 5.91 Å². The SMILES string of the molecule is C=CCN(C(=O)C1N(CCCO)C(=O)[C@@H]2[C@H](C(=O)O)[C@]3(C)CCC12O3)c1ccc2ccccc2c1. The summed E-state index contributed by atoms with van der Waals surface area (Å²) in [5.41, 5.74) is -1.55. The van der Waals surface area contributed by atoms with Gasteiger partial charge in [0.05, 0.1) is 17.4 Å². The molecule has 3 saturated heterocycles. The molecule has 3 heterocycles. The lowest BCUT2D eigenvalue weighted by atomic mass is 9.66. The van der Waals surface area contributed by atoms with Gasteiger partial charge in [0, 0.05) is 25.4 Å². The van der Waals surface area contributed by atoms with E-state index in [1.165, 1.54) is 4.90 Å². The van der Waals surface area contributed by atoms with Crippen molar-refractivity contribution in [2.24, 2.45) is 11.8 Å². The highest BCUT2D eigenvalue weighted by Crippen LogP contribution is 2.63. The Balaban J connectivity index is 1.60. The Labute approximate surface area is 203 Å². The van der Waals surface area contributed by atoms with Crippen molar-refractivity contribution < 1.29 is 29.3 Å². The molecule has 2 amide bonds. The first-order valence-electron chi connectivity index (χ1n) is 12.0. The number of benzene rings is 2. The Bertz CT molecular complexity index is 1210. The zero-order valence-corrected chi connectivity index (χ0v) is 19.7. The smallest absolute Gasteiger partial charge is 0.310 e. The zero-order valence-electron chi connectivity index (χ0n) is 19.7. The van der Waals surface area contributed by atoms with Crippen LogP contribution in [0.4, 0.5) is 5.69 Å². The Hall–Kier alpha value is -3.23. The lowest BCUT2D eigenvalue weighted by molar-refractivity contribution is -0.154. The number of amides is 2. The first-order chi connectivity index (χ1) is 16.8. The maximum absolute atomic E-state index is 14.3. The number of aliphatic carboxylic acids is 1. The quantitative estimate of drug-likeness (QED) is 0.565. The van der Waals surface area contributed by atoms with Crippen LogP contribution in [0.2, 0.25) is 0 Å². The van der Waals surface area contributed by atoms with E-state index < -0.39 is 35.0 Å². The molecule has 0 saturated carbocycles. The van der Waals surface area contributed by atoms with E-state index in [0.29, 0.717) is 18.5 Å². The summed E-state index contributed by atoms with van der Waals surface area (Å²) in [6.45, 7) is 5.77. The summed E-state index contributed by atoms with van der Waals surface area (Å²) in [5.74, 6) is -3.76. The van der Waals surface area contributed by atoms with Crippen molar-refractivity contribution >= 4 is 34.2 Å². The van der Waals surface area contributed by atoms with Crippen LogP contribution >= 0.6 is 0 Å². The molecular weight excluding hydrogens is 448 g/mol. The fraction of sp³-hybridized carbons (Fsp3) is 0.444. The molecule has 0 aromatic heterocycles. The van der Waals surface area contributed by atoms with Crippen LogP contribution in [0.15, 0.2) is 55.1 Å². The highest BCUT2D eigenvalue weighted by Gasteiger charge is 2.78. The summed E-state index contributed by atoms with van der Waals surface area (Å²) in [4.78, 5) is 43.2.